The topological polar surface area (TPSA) is 39.5 Å². The number of hydrogen-bond donors (Lipinski definition) is 0. The summed E-state index contributed by atoms with van der Waals surface area (Å²) in [6, 6.07) is 6.59. The molecule has 0 bridgehead atoms. The normalized spacial score (nSPS) is 18.3. The summed E-state index contributed by atoms with van der Waals surface area (Å²) in [6.45, 7) is 2.18. The zero-order valence-electron chi connectivity index (χ0n) is 14.2. The fraction of sp³-hybridized carbons (Fsp3) is 0.500. The Morgan fingerprint density at radius 2 is 2.13 bits per heavy atom. The molecule has 0 unspecified atom stereocenters. The van der Waals surface area contributed by atoms with Crippen LogP contribution >= 0.6 is 0 Å². The number of hydrogen-bond acceptors (Lipinski definition) is 4. The van der Waals surface area contributed by atoms with Gasteiger partial charge in [0.25, 0.3) is 0 Å². The van der Waals surface area contributed by atoms with Gasteiger partial charge in [0.15, 0.2) is 11.5 Å². The Hall–Kier alpha value is -2.01. The first-order valence-electron chi connectivity index (χ1n) is 8.17. The second-order valence-electron chi connectivity index (χ2n) is 6.05. The first-order valence-corrected chi connectivity index (χ1v) is 8.17. The minimum Gasteiger partial charge on any atom is -0.493 e. The minimum atomic E-state index is 0.678. The van der Waals surface area contributed by atoms with Gasteiger partial charge in [-0.2, -0.15) is 0 Å². The van der Waals surface area contributed by atoms with E-state index in [1.165, 1.54) is 19.4 Å². The molecule has 1 fully saturated rings. The van der Waals surface area contributed by atoms with E-state index in [0.29, 0.717) is 6.04 Å². The molecule has 2 heterocycles. The zero-order chi connectivity index (χ0) is 16.2. The Morgan fingerprint density at radius 1 is 1.26 bits per heavy atom. The van der Waals surface area contributed by atoms with Crippen LogP contribution in [0.2, 0.25) is 0 Å². The molecule has 3 rings (SSSR count). The van der Waals surface area contributed by atoms with Gasteiger partial charge in [-0.3, -0.25) is 0 Å². The Bertz CT molecular complexity index is 653. The van der Waals surface area contributed by atoms with Crippen molar-refractivity contribution in [2.75, 3.05) is 27.8 Å². The predicted octanol–water partition coefficient (Wildman–Crippen LogP) is 3.05. The molecule has 124 valence electrons. The molecule has 0 saturated carbocycles. The van der Waals surface area contributed by atoms with E-state index in [2.05, 4.69) is 21.5 Å². The van der Waals surface area contributed by atoms with Crippen molar-refractivity contribution in [3.8, 4) is 22.9 Å². The highest BCUT2D eigenvalue weighted by Crippen LogP contribution is 2.37. The van der Waals surface area contributed by atoms with Gasteiger partial charge in [0, 0.05) is 25.0 Å². The van der Waals surface area contributed by atoms with E-state index in [4.69, 9.17) is 9.47 Å². The molecule has 2 aromatic rings. The van der Waals surface area contributed by atoms with E-state index in [9.17, 15) is 0 Å². The lowest BCUT2D eigenvalue weighted by Crippen LogP contribution is -2.26. The summed E-state index contributed by atoms with van der Waals surface area (Å²) in [5.41, 5.74) is 0.969. The molecule has 1 aromatic carbocycles. The van der Waals surface area contributed by atoms with Gasteiger partial charge in [0.2, 0.25) is 0 Å². The number of imidazole rings is 1. The van der Waals surface area contributed by atoms with Crippen molar-refractivity contribution in [1.82, 2.24) is 14.5 Å². The molecule has 1 aliphatic heterocycles. The average molecular weight is 315 g/mol. The average Bonchev–Trinajstić information content (AvgIpc) is 3.20. The van der Waals surface area contributed by atoms with Gasteiger partial charge < -0.3 is 18.9 Å². The number of aryl methyl sites for hydroxylation is 1. The smallest absolute Gasteiger partial charge is 0.171 e. The summed E-state index contributed by atoms with van der Waals surface area (Å²) in [4.78, 5) is 7.01. The largest absolute Gasteiger partial charge is 0.493 e. The van der Waals surface area contributed by atoms with Crippen LogP contribution in [-0.4, -0.2) is 48.3 Å². The van der Waals surface area contributed by atoms with Gasteiger partial charge in [-0.1, -0.05) is 6.07 Å². The number of likely N-dealkylation sites (tertiary alicyclic amines) is 1. The van der Waals surface area contributed by atoms with Gasteiger partial charge in [-0.15, -0.1) is 0 Å². The summed E-state index contributed by atoms with van der Waals surface area (Å²) in [6.07, 6.45) is 7.65. The number of rotatable bonds is 6. The van der Waals surface area contributed by atoms with E-state index >= 15 is 0 Å². The highest BCUT2D eigenvalue weighted by atomic mass is 16.5. The summed E-state index contributed by atoms with van der Waals surface area (Å²) < 4.78 is 13.2. The van der Waals surface area contributed by atoms with Crippen molar-refractivity contribution in [2.24, 2.45) is 0 Å². The van der Waals surface area contributed by atoms with E-state index in [-0.39, 0.29) is 0 Å². The van der Waals surface area contributed by atoms with E-state index < -0.39 is 0 Å². The van der Waals surface area contributed by atoms with Crippen molar-refractivity contribution in [1.29, 1.82) is 0 Å². The van der Waals surface area contributed by atoms with Gasteiger partial charge in [-0.05, 0) is 45.0 Å². The fourth-order valence-electron chi connectivity index (χ4n) is 3.43. The quantitative estimate of drug-likeness (QED) is 0.821. The van der Waals surface area contributed by atoms with Crippen LogP contribution < -0.4 is 9.47 Å². The number of benzene rings is 1. The van der Waals surface area contributed by atoms with Crippen LogP contribution in [0, 0.1) is 0 Å². The summed E-state index contributed by atoms with van der Waals surface area (Å²) in [5, 5.41) is 0. The van der Waals surface area contributed by atoms with Crippen molar-refractivity contribution < 1.29 is 9.47 Å². The van der Waals surface area contributed by atoms with Crippen LogP contribution in [0.1, 0.15) is 19.3 Å². The maximum atomic E-state index is 5.55. The maximum absolute atomic E-state index is 5.55. The van der Waals surface area contributed by atoms with E-state index in [1.807, 2.05) is 30.6 Å². The molecular formula is C18H25N3O2. The summed E-state index contributed by atoms with van der Waals surface area (Å²) in [5.74, 6) is 2.40. The van der Waals surface area contributed by atoms with Crippen LogP contribution in [0.25, 0.3) is 11.4 Å². The first kappa shape index (κ1) is 15.9. The van der Waals surface area contributed by atoms with Crippen LogP contribution in [0.4, 0.5) is 0 Å². The molecule has 0 radical (unpaired) electrons. The molecule has 1 atom stereocenters. The Morgan fingerprint density at radius 3 is 2.83 bits per heavy atom. The van der Waals surface area contributed by atoms with Gasteiger partial charge in [0.05, 0.1) is 19.8 Å². The first-order chi connectivity index (χ1) is 11.2. The second kappa shape index (κ2) is 7.04. The Kier molecular flexibility index (Phi) is 4.86. The lowest BCUT2D eigenvalue weighted by Gasteiger charge is -2.20. The number of para-hydroxylation sites is 1. The Labute approximate surface area is 137 Å². The number of ether oxygens (including phenoxy) is 2. The minimum absolute atomic E-state index is 0.678. The highest BCUT2D eigenvalue weighted by molar-refractivity contribution is 5.69. The van der Waals surface area contributed by atoms with Crippen LogP contribution in [0.3, 0.4) is 0 Å². The summed E-state index contributed by atoms with van der Waals surface area (Å²) in [7, 11) is 5.55. The van der Waals surface area contributed by atoms with Gasteiger partial charge >= 0.3 is 0 Å². The summed E-state index contributed by atoms with van der Waals surface area (Å²) >= 11 is 0. The molecule has 1 aliphatic rings. The third-order valence-corrected chi connectivity index (χ3v) is 4.73. The maximum Gasteiger partial charge on any atom is 0.171 e. The van der Waals surface area contributed by atoms with Gasteiger partial charge in [0.1, 0.15) is 5.82 Å². The Balaban J connectivity index is 1.83. The van der Waals surface area contributed by atoms with Crippen molar-refractivity contribution in [3.05, 3.63) is 30.6 Å². The third-order valence-electron chi connectivity index (χ3n) is 4.73. The number of aromatic nitrogens is 2. The monoisotopic (exact) mass is 315 g/mol. The fourth-order valence-corrected chi connectivity index (χ4v) is 3.43. The van der Waals surface area contributed by atoms with E-state index in [1.54, 1.807) is 14.2 Å². The number of nitrogens with zero attached hydrogens (tertiary/aromatic N) is 3. The molecule has 23 heavy (non-hydrogen) atoms. The number of methoxy groups -OCH3 is 2. The van der Waals surface area contributed by atoms with Crippen molar-refractivity contribution in [3.63, 3.8) is 0 Å². The van der Waals surface area contributed by atoms with Crippen molar-refractivity contribution in [2.45, 2.75) is 31.8 Å². The standard InChI is InChI=1S/C18H25N3O2/c1-20-11-5-6-14(20)9-12-21-13-10-19-18(21)15-7-4-8-16(22-2)17(15)23-3/h4,7-8,10,13-14H,5-6,9,11-12H2,1-3H3/t14-/m1/s1. The molecule has 0 amide bonds. The van der Waals surface area contributed by atoms with Gasteiger partial charge in [-0.25, -0.2) is 4.98 Å². The van der Waals surface area contributed by atoms with Crippen LogP contribution in [-0.2, 0) is 6.54 Å². The molecule has 1 saturated heterocycles. The predicted molar refractivity (Wildman–Crippen MR) is 91.0 cm³/mol. The molecular weight excluding hydrogens is 290 g/mol. The molecule has 0 spiro atoms. The van der Waals surface area contributed by atoms with Crippen LogP contribution in [0.15, 0.2) is 30.6 Å². The van der Waals surface area contributed by atoms with E-state index in [0.717, 1.165) is 35.9 Å². The highest BCUT2D eigenvalue weighted by Gasteiger charge is 2.21. The lowest BCUT2D eigenvalue weighted by molar-refractivity contribution is 0.286. The molecule has 0 aliphatic carbocycles. The molecule has 1 aromatic heterocycles. The second-order valence-corrected chi connectivity index (χ2v) is 6.05. The SMILES string of the molecule is COc1cccc(-c2nccn2CC[C@H]2CCCN2C)c1OC. The molecule has 5 nitrogen and oxygen atoms in total. The van der Waals surface area contributed by atoms with Crippen molar-refractivity contribution >= 4 is 0 Å². The molecule has 0 N–H and O–H groups in total. The molecule has 5 heteroatoms. The zero-order valence-corrected chi connectivity index (χ0v) is 14.2. The van der Waals surface area contributed by atoms with Crippen LogP contribution in [0.5, 0.6) is 11.5 Å². The third kappa shape index (κ3) is 3.20. The lowest BCUT2D eigenvalue weighted by atomic mass is 10.1.